The summed E-state index contributed by atoms with van der Waals surface area (Å²) in [6, 6.07) is 4.63. The molecule has 0 radical (unpaired) electrons. The highest BCUT2D eigenvalue weighted by Gasteiger charge is 2.21. The number of hydrogen-bond donors (Lipinski definition) is 1. The molecular formula is C16H23N5. The first kappa shape index (κ1) is 14.2. The molecule has 1 aliphatic rings. The van der Waals surface area contributed by atoms with Crippen molar-refractivity contribution in [2.24, 2.45) is 0 Å². The van der Waals surface area contributed by atoms with E-state index in [1.807, 2.05) is 16.8 Å². The minimum atomic E-state index is 0.759. The Balaban J connectivity index is 1.87. The SMILES string of the molecule is CCc1nn(-c2cccnn2)c(CC)c1CCNC1CC1. The van der Waals surface area contributed by atoms with Crippen LogP contribution in [0.15, 0.2) is 18.3 Å². The Morgan fingerprint density at radius 2 is 2.14 bits per heavy atom. The molecule has 0 aliphatic heterocycles. The van der Waals surface area contributed by atoms with E-state index in [1.165, 1.54) is 29.8 Å². The Morgan fingerprint density at radius 1 is 1.29 bits per heavy atom. The van der Waals surface area contributed by atoms with E-state index in [4.69, 9.17) is 5.10 Å². The van der Waals surface area contributed by atoms with Gasteiger partial charge >= 0.3 is 0 Å². The molecule has 1 saturated carbocycles. The zero-order chi connectivity index (χ0) is 14.7. The molecule has 0 saturated heterocycles. The molecule has 2 aromatic heterocycles. The maximum absolute atomic E-state index is 4.77. The van der Waals surface area contributed by atoms with Crippen molar-refractivity contribution in [2.45, 2.75) is 52.0 Å². The minimum absolute atomic E-state index is 0.759. The van der Waals surface area contributed by atoms with E-state index in [-0.39, 0.29) is 0 Å². The number of rotatable bonds is 7. The van der Waals surface area contributed by atoms with Gasteiger partial charge in [-0.15, -0.1) is 5.10 Å². The van der Waals surface area contributed by atoms with E-state index in [0.717, 1.165) is 37.7 Å². The Hall–Kier alpha value is -1.75. The predicted molar refractivity (Wildman–Crippen MR) is 82.6 cm³/mol. The van der Waals surface area contributed by atoms with Crippen LogP contribution in [0.4, 0.5) is 0 Å². The van der Waals surface area contributed by atoms with Gasteiger partial charge in [0.05, 0.1) is 5.69 Å². The summed E-state index contributed by atoms with van der Waals surface area (Å²) in [7, 11) is 0. The molecule has 112 valence electrons. The fourth-order valence-electron chi connectivity index (χ4n) is 2.76. The van der Waals surface area contributed by atoms with Crippen molar-refractivity contribution in [2.75, 3.05) is 6.54 Å². The third kappa shape index (κ3) is 3.13. The van der Waals surface area contributed by atoms with Crippen LogP contribution in [0.25, 0.3) is 5.82 Å². The first-order chi connectivity index (χ1) is 10.3. The number of nitrogens with zero attached hydrogens (tertiary/aromatic N) is 4. The van der Waals surface area contributed by atoms with Crippen LogP contribution < -0.4 is 5.32 Å². The van der Waals surface area contributed by atoms with Crippen molar-refractivity contribution in [3.8, 4) is 5.82 Å². The summed E-state index contributed by atoms with van der Waals surface area (Å²) in [6.07, 6.45) is 7.32. The van der Waals surface area contributed by atoms with Crippen molar-refractivity contribution >= 4 is 0 Å². The smallest absolute Gasteiger partial charge is 0.175 e. The second-order valence-corrected chi connectivity index (χ2v) is 5.55. The Morgan fingerprint density at radius 3 is 2.76 bits per heavy atom. The molecule has 5 nitrogen and oxygen atoms in total. The van der Waals surface area contributed by atoms with Gasteiger partial charge in [-0.2, -0.15) is 10.2 Å². The lowest BCUT2D eigenvalue weighted by atomic mass is 10.1. The van der Waals surface area contributed by atoms with Gasteiger partial charge in [-0.3, -0.25) is 0 Å². The van der Waals surface area contributed by atoms with E-state index in [2.05, 4.69) is 29.4 Å². The normalized spacial score (nSPS) is 14.6. The van der Waals surface area contributed by atoms with Crippen molar-refractivity contribution in [1.82, 2.24) is 25.3 Å². The van der Waals surface area contributed by atoms with Crippen LogP contribution in [0.2, 0.25) is 0 Å². The minimum Gasteiger partial charge on any atom is -0.314 e. The fraction of sp³-hybridized carbons (Fsp3) is 0.562. The van der Waals surface area contributed by atoms with Crippen LogP contribution >= 0.6 is 0 Å². The fourth-order valence-corrected chi connectivity index (χ4v) is 2.76. The summed E-state index contributed by atoms with van der Waals surface area (Å²) in [5, 5.41) is 16.5. The summed E-state index contributed by atoms with van der Waals surface area (Å²) in [4.78, 5) is 0. The van der Waals surface area contributed by atoms with Gasteiger partial charge in [0.1, 0.15) is 0 Å². The van der Waals surface area contributed by atoms with E-state index in [1.54, 1.807) is 6.20 Å². The van der Waals surface area contributed by atoms with Crippen LogP contribution in [-0.4, -0.2) is 32.6 Å². The predicted octanol–water partition coefficient (Wildman–Crippen LogP) is 2.08. The van der Waals surface area contributed by atoms with Crippen LogP contribution in [0, 0.1) is 0 Å². The summed E-state index contributed by atoms with van der Waals surface area (Å²) in [5.74, 6) is 0.811. The van der Waals surface area contributed by atoms with Crippen molar-refractivity contribution in [3.05, 3.63) is 35.3 Å². The maximum atomic E-state index is 4.77. The molecule has 1 fully saturated rings. The molecule has 2 heterocycles. The van der Waals surface area contributed by atoms with E-state index in [9.17, 15) is 0 Å². The number of aromatic nitrogens is 4. The largest absolute Gasteiger partial charge is 0.314 e. The number of hydrogen-bond acceptors (Lipinski definition) is 4. The molecule has 21 heavy (non-hydrogen) atoms. The van der Waals surface area contributed by atoms with E-state index in [0.29, 0.717) is 0 Å². The van der Waals surface area contributed by atoms with Gasteiger partial charge in [-0.05, 0) is 56.3 Å². The van der Waals surface area contributed by atoms with Gasteiger partial charge in [-0.1, -0.05) is 13.8 Å². The molecule has 0 atom stereocenters. The Labute approximate surface area is 125 Å². The molecule has 3 rings (SSSR count). The molecular weight excluding hydrogens is 262 g/mol. The molecule has 2 aromatic rings. The summed E-state index contributed by atoms with van der Waals surface area (Å²) >= 11 is 0. The Bertz CT molecular complexity index is 586. The van der Waals surface area contributed by atoms with Gasteiger partial charge in [0.2, 0.25) is 0 Å². The first-order valence-electron chi connectivity index (χ1n) is 7.94. The third-order valence-electron chi connectivity index (χ3n) is 4.00. The average Bonchev–Trinajstić information content (AvgIpc) is 3.28. The average molecular weight is 285 g/mol. The highest BCUT2D eigenvalue weighted by molar-refractivity contribution is 5.33. The van der Waals surface area contributed by atoms with Gasteiger partial charge in [-0.25, -0.2) is 4.68 Å². The zero-order valence-electron chi connectivity index (χ0n) is 12.8. The maximum Gasteiger partial charge on any atom is 0.175 e. The molecule has 5 heteroatoms. The standard InChI is InChI=1S/C16H23N5/c1-3-14-13(9-11-17-12-7-8-12)15(4-2)21(20-14)16-6-5-10-18-19-16/h5-6,10,12,17H,3-4,7-9,11H2,1-2H3. The number of aryl methyl sites for hydroxylation is 1. The van der Waals surface area contributed by atoms with Crippen LogP contribution in [0.5, 0.6) is 0 Å². The van der Waals surface area contributed by atoms with Gasteiger partial charge < -0.3 is 5.32 Å². The first-order valence-corrected chi connectivity index (χ1v) is 7.94. The van der Waals surface area contributed by atoms with E-state index < -0.39 is 0 Å². The van der Waals surface area contributed by atoms with Crippen LogP contribution in [-0.2, 0) is 19.3 Å². The van der Waals surface area contributed by atoms with Gasteiger partial charge in [0.15, 0.2) is 5.82 Å². The third-order valence-corrected chi connectivity index (χ3v) is 4.00. The Kier molecular flexibility index (Phi) is 4.29. The molecule has 1 N–H and O–H groups in total. The lowest BCUT2D eigenvalue weighted by Crippen LogP contribution is -2.20. The monoisotopic (exact) mass is 285 g/mol. The van der Waals surface area contributed by atoms with Gasteiger partial charge in [0, 0.05) is 17.9 Å². The summed E-state index contributed by atoms with van der Waals surface area (Å²) in [6.45, 7) is 5.39. The van der Waals surface area contributed by atoms with E-state index >= 15 is 0 Å². The van der Waals surface area contributed by atoms with Crippen LogP contribution in [0.3, 0.4) is 0 Å². The zero-order valence-corrected chi connectivity index (χ0v) is 12.8. The van der Waals surface area contributed by atoms with Crippen molar-refractivity contribution in [3.63, 3.8) is 0 Å². The lowest BCUT2D eigenvalue weighted by molar-refractivity contribution is 0.676. The quantitative estimate of drug-likeness (QED) is 0.846. The summed E-state index contributed by atoms with van der Waals surface area (Å²) < 4.78 is 1.97. The second kappa shape index (κ2) is 6.35. The highest BCUT2D eigenvalue weighted by Crippen LogP contribution is 2.21. The molecule has 0 aromatic carbocycles. The van der Waals surface area contributed by atoms with Crippen LogP contribution in [0.1, 0.15) is 43.6 Å². The topological polar surface area (TPSA) is 55.6 Å². The molecule has 0 spiro atoms. The summed E-state index contributed by atoms with van der Waals surface area (Å²) in [5.41, 5.74) is 3.85. The second-order valence-electron chi connectivity index (χ2n) is 5.55. The van der Waals surface area contributed by atoms with Crippen molar-refractivity contribution in [1.29, 1.82) is 0 Å². The highest BCUT2D eigenvalue weighted by atomic mass is 15.3. The lowest BCUT2D eigenvalue weighted by Gasteiger charge is -2.07. The molecule has 0 amide bonds. The molecule has 0 bridgehead atoms. The molecule has 1 aliphatic carbocycles. The van der Waals surface area contributed by atoms with Crippen molar-refractivity contribution < 1.29 is 0 Å². The van der Waals surface area contributed by atoms with Gasteiger partial charge in [0.25, 0.3) is 0 Å². The molecule has 0 unspecified atom stereocenters. The number of nitrogens with one attached hydrogen (secondary N) is 1.